The topological polar surface area (TPSA) is 35.2 Å². The fraction of sp³-hybridized carbons (Fsp3) is 0.143. The third-order valence-electron chi connectivity index (χ3n) is 2.77. The molecule has 0 aromatic heterocycles. The average Bonchev–Trinajstić information content (AvgIpc) is 2.37. The molecule has 0 saturated heterocycles. The van der Waals surface area contributed by atoms with E-state index in [-0.39, 0.29) is 5.56 Å². The molecular weight excluding hydrogens is 293 g/mol. The van der Waals surface area contributed by atoms with Crippen molar-refractivity contribution in [3.05, 3.63) is 65.2 Å². The summed E-state index contributed by atoms with van der Waals surface area (Å²) in [6.45, 7) is 0. The number of alkyl halides is 3. The van der Waals surface area contributed by atoms with E-state index in [1.165, 1.54) is 18.2 Å². The molecule has 2 N–H and O–H groups in total. The van der Waals surface area contributed by atoms with Crippen molar-refractivity contribution in [2.75, 3.05) is 0 Å². The van der Waals surface area contributed by atoms with E-state index in [9.17, 15) is 22.0 Å². The van der Waals surface area contributed by atoms with Gasteiger partial charge in [0.15, 0.2) is 0 Å². The lowest BCUT2D eigenvalue weighted by Gasteiger charge is -2.15. The van der Waals surface area contributed by atoms with Crippen LogP contribution in [0.2, 0.25) is 0 Å². The summed E-state index contributed by atoms with van der Waals surface area (Å²) in [5.41, 5.74) is 6.23. The first-order chi connectivity index (χ1) is 9.76. The quantitative estimate of drug-likeness (QED) is 0.873. The van der Waals surface area contributed by atoms with Crippen molar-refractivity contribution < 1.29 is 26.7 Å². The van der Waals surface area contributed by atoms with Crippen LogP contribution in [0.5, 0.6) is 5.75 Å². The molecule has 21 heavy (non-hydrogen) atoms. The van der Waals surface area contributed by atoms with E-state index >= 15 is 0 Å². The smallest absolute Gasteiger partial charge is 0.406 e. The molecule has 2 nitrogen and oxygen atoms in total. The van der Waals surface area contributed by atoms with E-state index in [4.69, 9.17) is 5.73 Å². The summed E-state index contributed by atoms with van der Waals surface area (Å²) < 4.78 is 66.2. The second kappa shape index (κ2) is 5.69. The average molecular weight is 303 g/mol. The summed E-state index contributed by atoms with van der Waals surface area (Å²) in [4.78, 5) is 0. The minimum Gasteiger partial charge on any atom is -0.406 e. The van der Waals surface area contributed by atoms with Crippen LogP contribution in [-0.4, -0.2) is 6.36 Å². The van der Waals surface area contributed by atoms with Crippen LogP contribution in [0.1, 0.15) is 17.2 Å². The zero-order valence-electron chi connectivity index (χ0n) is 10.5. The number of nitrogens with two attached hydrogens (primary N) is 1. The molecule has 0 aliphatic carbocycles. The van der Waals surface area contributed by atoms with E-state index < -0.39 is 29.8 Å². The summed E-state index contributed by atoms with van der Waals surface area (Å²) in [6.07, 6.45) is -4.79. The first kappa shape index (κ1) is 15.2. The number of halogens is 5. The Balaban J connectivity index is 2.22. The van der Waals surface area contributed by atoms with Crippen molar-refractivity contribution >= 4 is 0 Å². The van der Waals surface area contributed by atoms with Gasteiger partial charge in [-0.2, -0.15) is 0 Å². The second-order valence-corrected chi connectivity index (χ2v) is 4.26. The summed E-state index contributed by atoms with van der Waals surface area (Å²) >= 11 is 0. The van der Waals surface area contributed by atoms with Crippen LogP contribution in [0.25, 0.3) is 0 Å². The van der Waals surface area contributed by atoms with E-state index in [2.05, 4.69) is 4.74 Å². The highest BCUT2D eigenvalue weighted by molar-refractivity contribution is 5.35. The molecule has 2 aromatic carbocycles. The maximum Gasteiger partial charge on any atom is 0.573 e. The maximum atomic E-state index is 13.6. The van der Waals surface area contributed by atoms with Crippen molar-refractivity contribution in [2.24, 2.45) is 5.73 Å². The summed E-state index contributed by atoms with van der Waals surface area (Å²) in [5, 5.41) is 0. The molecule has 0 saturated carbocycles. The third kappa shape index (κ3) is 3.91. The molecule has 2 rings (SSSR count). The van der Waals surface area contributed by atoms with Gasteiger partial charge in [0.1, 0.15) is 17.4 Å². The first-order valence-electron chi connectivity index (χ1n) is 5.82. The van der Waals surface area contributed by atoms with Gasteiger partial charge in [0.25, 0.3) is 0 Å². The van der Waals surface area contributed by atoms with Gasteiger partial charge in [-0.05, 0) is 23.8 Å². The molecule has 0 aliphatic heterocycles. The normalized spacial score (nSPS) is 13.0. The summed E-state index contributed by atoms with van der Waals surface area (Å²) in [5.74, 6) is -1.96. The molecule has 0 bridgehead atoms. The largest absolute Gasteiger partial charge is 0.573 e. The molecule has 0 radical (unpaired) electrons. The van der Waals surface area contributed by atoms with Crippen molar-refractivity contribution in [3.63, 3.8) is 0 Å². The monoisotopic (exact) mass is 303 g/mol. The van der Waals surface area contributed by atoms with Crippen molar-refractivity contribution in [3.8, 4) is 5.75 Å². The van der Waals surface area contributed by atoms with E-state index in [0.717, 1.165) is 18.2 Å². The van der Waals surface area contributed by atoms with Crippen LogP contribution >= 0.6 is 0 Å². The zero-order valence-corrected chi connectivity index (χ0v) is 10.5. The van der Waals surface area contributed by atoms with Gasteiger partial charge in [-0.15, -0.1) is 13.2 Å². The lowest BCUT2D eigenvalue weighted by atomic mass is 9.99. The predicted molar refractivity (Wildman–Crippen MR) is 65.5 cm³/mol. The highest BCUT2D eigenvalue weighted by Gasteiger charge is 2.31. The minimum atomic E-state index is -4.79. The molecule has 112 valence electrons. The molecule has 0 fully saturated rings. The Morgan fingerprint density at radius 3 is 2.10 bits per heavy atom. The van der Waals surface area contributed by atoms with Gasteiger partial charge in [0.05, 0.1) is 6.04 Å². The Hall–Kier alpha value is -2.15. The highest BCUT2D eigenvalue weighted by Crippen LogP contribution is 2.27. The summed E-state index contributed by atoms with van der Waals surface area (Å²) in [7, 11) is 0. The number of ether oxygens (including phenoxy) is 1. The standard InChI is InChI=1S/C14H10F5NO/c15-9-3-6-11(12(16)7-9)13(20)8-1-4-10(5-2-8)21-14(17,18)19/h1-7,13H,20H2/t13-/m1/s1. The predicted octanol–water partition coefficient (Wildman–Crippen LogP) is 3.91. The van der Waals surface area contributed by atoms with Crippen LogP contribution in [-0.2, 0) is 0 Å². The van der Waals surface area contributed by atoms with Gasteiger partial charge in [0, 0.05) is 11.6 Å². The molecule has 7 heteroatoms. The van der Waals surface area contributed by atoms with Gasteiger partial charge in [-0.25, -0.2) is 8.78 Å². The van der Waals surface area contributed by atoms with Gasteiger partial charge >= 0.3 is 6.36 Å². The van der Waals surface area contributed by atoms with E-state index in [1.54, 1.807) is 0 Å². The van der Waals surface area contributed by atoms with Gasteiger partial charge < -0.3 is 10.5 Å². The number of hydrogen-bond donors (Lipinski definition) is 1. The van der Waals surface area contributed by atoms with Crippen LogP contribution in [0, 0.1) is 11.6 Å². The molecule has 0 unspecified atom stereocenters. The number of benzene rings is 2. The number of hydrogen-bond acceptors (Lipinski definition) is 2. The molecule has 0 aliphatic rings. The van der Waals surface area contributed by atoms with Crippen molar-refractivity contribution in [2.45, 2.75) is 12.4 Å². The van der Waals surface area contributed by atoms with Gasteiger partial charge in [0.2, 0.25) is 0 Å². The molecular formula is C14H10F5NO. The highest BCUT2D eigenvalue weighted by atomic mass is 19.4. The first-order valence-corrected chi connectivity index (χ1v) is 5.82. The SMILES string of the molecule is N[C@H](c1ccc(OC(F)(F)F)cc1)c1ccc(F)cc1F. The van der Waals surface area contributed by atoms with Gasteiger partial charge in [-0.3, -0.25) is 0 Å². The van der Waals surface area contributed by atoms with Crippen LogP contribution in [0.3, 0.4) is 0 Å². The van der Waals surface area contributed by atoms with Crippen molar-refractivity contribution in [1.29, 1.82) is 0 Å². The second-order valence-electron chi connectivity index (χ2n) is 4.26. The fourth-order valence-corrected chi connectivity index (χ4v) is 1.81. The lowest BCUT2D eigenvalue weighted by Crippen LogP contribution is -2.17. The molecule has 1 atom stereocenters. The number of rotatable bonds is 3. The third-order valence-corrected chi connectivity index (χ3v) is 2.77. The Morgan fingerprint density at radius 2 is 1.57 bits per heavy atom. The Labute approximate surface area is 116 Å². The molecule has 0 heterocycles. The zero-order chi connectivity index (χ0) is 15.6. The van der Waals surface area contributed by atoms with Crippen LogP contribution < -0.4 is 10.5 Å². The van der Waals surface area contributed by atoms with E-state index in [1.807, 2.05) is 0 Å². The molecule has 0 spiro atoms. The Bertz CT molecular complexity index is 624. The molecule has 0 amide bonds. The van der Waals surface area contributed by atoms with E-state index in [0.29, 0.717) is 11.6 Å². The Morgan fingerprint density at radius 1 is 0.952 bits per heavy atom. The minimum absolute atomic E-state index is 0.0425. The summed E-state index contributed by atoms with van der Waals surface area (Å²) in [6, 6.07) is 6.73. The molecule has 2 aromatic rings. The van der Waals surface area contributed by atoms with Crippen molar-refractivity contribution in [1.82, 2.24) is 0 Å². The van der Waals surface area contributed by atoms with Crippen LogP contribution in [0.15, 0.2) is 42.5 Å². The Kier molecular flexibility index (Phi) is 4.13. The lowest BCUT2D eigenvalue weighted by molar-refractivity contribution is -0.274. The maximum absolute atomic E-state index is 13.6. The van der Waals surface area contributed by atoms with Gasteiger partial charge in [-0.1, -0.05) is 18.2 Å². The van der Waals surface area contributed by atoms with Crippen LogP contribution in [0.4, 0.5) is 22.0 Å². The fourth-order valence-electron chi connectivity index (χ4n) is 1.81.